The number of hydrogen-bond donors (Lipinski definition) is 0. The van der Waals surface area contributed by atoms with Crippen molar-refractivity contribution >= 4 is 87.0 Å². The van der Waals surface area contributed by atoms with Crippen LogP contribution in [0.2, 0.25) is 0 Å². The average Bonchev–Trinajstić information content (AvgIpc) is 1.60. The van der Waals surface area contributed by atoms with E-state index in [4.69, 9.17) is 29.9 Å². The van der Waals surface area contributed by atoms with Crippen LogP contribution in [0.5, 0.6) is 0 Å². The second kappa shape index (κ2) is 26.4. The SMILES string of the molecule is c1ccc(-c2ccc(-c3nc(-c4ccccc4)nc(-c4cc5c(c6ccccc46)c4ccccc4n5-c4ccccc4)n3)cc2)cc1.c1ccc(-c2cccc(-n3c4ccccc4c4ccc(-c5nc(-c6ccccc6)nc(-c6cccc7c6ccc6c7c7ccccc7n6-c6ccccc6)n5)cc43)c2)cc1. The Labute approximate surface area is 616 Å². The van der Waals surface area contributed by atoms with Crippen LogP contribution in [-0.4, -0.2) is 43.6 Å². The van der Waals surface area contributed by atoms with E-state index in [9.17, 15) is 0 Å². The number of para-hydroxylation sites is 5. The molecule has 16 aromatic carbocycles. The zero-order chi connectivity index (χ0) is 70.7. The van der Waals surface area contributed by atoms with E-state index in [2.05, 4.69) is 353 Å². The summed E-state index contributed by atoms with van der Waals surface area (Å²) in [6.45, 7) is 0. The van der Waals surface area contributed by atoms with E-state index in [-0.39, 0.29) is 0 Å². The van der Waals surface area contributed by atoms with Crippen LogP contribution in [0.25, 0.3) is 195 Å². The number of rotatable bonds is 11. The predicted molar refractivity (Wildman–Crippen MR) is 441 cm³/mol. The summed E-state index contributed by atoms with van der Waals surface area (Å²) < 4.78 is 7.07. The first-order valence-corrected chi connectivity index (χ1v) is 36.1. The van der Waals surface area contributed by atoms with Crippen LogP contribution >= 0.6 is 0 Å². The van der Waals surface area contributed by atoms with Crippen molar-refractivity contribution in [3.63, 3.8) is 0 Å². The van der Waals surface area contributed by atoms with Gasteiger partial charge < -0.3 is 13.7 Å². The summed E-state index contributed by atoms with van der Waals surface area (Å²) in [6, 6.07) is 134. The van der Waals surface area contributed by atoms with Gasteiger partial charge in [0, 0.05) is 82.8 Å². The molecule has 0 N–H and O–H groups in total. The van der Waals surface area contributed by atoms with Crippen LogP contribution in [0.3, 0.4) is 0 Å². The smallest absolute Gasteiger partial charge is 0.164 e. The van der Waals surface area contributed by atoms with Crippen LogP contribution in [0.15, 0.2) is 382 Å². The van der Waals surface area contributed by atoms with Gasteiger partial charge in [0.25, 0.3) is 0 Å². The molecule has 0 unspecified atom stereocenters. The van der Waals surface area contributed by atoms with E-state index < -0.39 is 0 Å². The van der Waals surface area contributed by atoms with Gasteiger partial charge in [-0.25, -0.2) is 29.9 Å². The fourth-order valence-electron chi connectivity index (χ4n) is 15.7. The van der Waals surface area contributed by atoms with Gasteiger partial charge >= 0.3 is 0 Å². The summed E-state index contributed by atoms with van der Waals surface area (Å²) in [7, 11) is 0. The maximum Gasteiger partial charge on any atom is 0.164 e. The highest BCUT2D eigenvalue weighted by molar-refractivity contribution is 6.25. The van der Waals surface area contributed by atoms with Crippen molar-refractivity contribution in [1.29, 1.82) is 0 Å². The van der Waals surface area contributed by atoms with Crippen molar-refractivity contribution in [3.8, 4) is 108 Å². The number of aromatic nitrogens is 9. The first-order chi connectivity index (χ1) is 53.1. The topological polar surface area (TPSA) is 92.1 Å². The number of benzene rings is 16. The number of hydrogen-bond acceptors (Lipinski definition) is 6. The summed E-state index contributed by atoms with van der Waals surface area (Å²) in [5.74, 6) is 3.81. The maximum absolute atomic E-state index is 5.32. The maximum atomic E-state index is 5.32. The van der Waals surface area contributed by atoms with Gasteiger partial charge in [0.1, 0.15) is 0 Å². The van der Waals surface area contributed by atoms with Crippen LogP contribution < -0.4 is 0 Å². The standard InChI is InChI=1S/C55H35N5.C43H28N4/c1-4-16-36(17-5-1)38-20-14-23-41(34-38)60-48-28-12-10-24-43(48)44-31-30-39(35-51(44)60)54-56-53(37-18-6-2-7-19-37)57-55(58-54)46-27-15-26-45-42(46)32-33-50-52(45)47-25-11-13-29-49(47)59(50)40-21-8-3-9-22-40;1-4-14-29(15-5-1)30-24-26-32(27-25-30)42-44-41(31-16-6-2-7-17-31)45-43(46-42)37-28-39-40(35-21-11-10-20-34(35)37)36-22-12-13-23-38(36)47(39)33-18-8-3-9-19-33/h1-35H;1-28H. The Morgan fingerprint density at radius 3 is 1.05 bits per heavy atom. The largest absolute Gasteiger partial charge is 0.309 e. The molecule has 0 saturated heterocycles. The molecule has 9 nitrogen and oxygen atoms in total. The van der Waals surface area contributed by atoms with Crippen LogP contribution in [0, 0.1) is 0 Å². The monoisotopic (exact) mass is 1370 g/mol. The Kier molecular flexibility index (Phi) is 15.3. The molecule has 0 fully saturated rings. The van der Waals surface area contributed by atoms with E-state index >= 15 is 0 Å². The van der Waals surface area contributed by atoms with Crippen molar-refractivity contribution in [3.05, 3.63) is 382 Å². The van der Waals surface area contributed by atoms with E-state index in [1.165, 1.54) is 59.9 Å². The molecule has 5 aromatic heterocycles. The Morgan fingerprint density at radius 2 is 0.477 bits per heavy atom. The van der Waals surface area contributed by atoms with Gasteiger partial charge in [-0.3, -0.25) is 0 Å². The molecule has 107 heavy (non-hydrogen) atoms. The molecule has 0 amide bonds. The predicted octanol–water partition coefficient (Wildman–Crippen LogP) is 24.7. The molecule has 0 aliphatic carbocycles. The van der Waals surface area contributed by atoms with E-state index in [0.717, 1.165) is 99.7 Å². The summed E-state index contributed by atoms with van der Waals surface area (Å²) >= 11 is 0. The lowest BCUT2D eigenvalue weighted by Gasteiger charge is -2.13. The van der Waals surface area contributed by atoms with Crippen molar-refractivity contribution in [1.82, 2.24) is 43.6 Å². The molecular weight excluding hydrogens is 1300 g/mol. The third kappa shape index (κ3) is 11.0. The highest BCUT2D eigenvalue weighted by Crippen LogP contribution is 2.44. The minimum Gasteiger partial charge on any atom is -0.309 e. The lowest BCUT2D eigenvalue weighted by atomic mass is 9.98. The van der Waals surface area contributed by atoms with Gasteiger partial charge in [0.15, 0.2) is 34.9 Å². The van der Waals surface area contributed by atoms with Gasteiger partial charge in [0.05, 0.1) is 33.1 Å². The van der Waals surface area contributed by atoms with Crippen LogP contribution in [0.4, 0.5) is 0 Å². The quantitative estimate of drug-likeness (QED) is 0.128. The zero-order valence-corrected chi connectivity index (χ0v) is 57.9. The summed E-state index contributed by atoms with van der Waals surface area (Å²) in [4.78, 5) is 31.1. The Bertz CT molecular complexity index is 6960. The normalized spacial score (nSPS) is 11.6. The first-order valence-electron chi connectivity index (χ1n) is 36.1. The van der Waals surface area contributed by atoms with Gasteiger partial charge in [-0.05, 0) is 117 Å². The molecule has 21 aromatic rings. The van der Waals surface area contributed by atoms with Crippen LogP contribution in [-0.2, 0) is 0 Å². The summed E-state index contributed by atoms with van der Waals surface area (Å²) in [5.41, 5.74) is 20.5. The Morgan fingerprint density at radius 1 is 0.150 bits per heavy atom. The molecular formula is C98H63N9. The van der Waals surface area contributed by atoms with Crippen molar-refractivity contribution in [2.75, 3.05) is 0 Å². The van der Waals surface area contributed by atoms with Crippen LogP contribution in [0.1, 0.15) is 0 Å². The molecule has 21 rings (SSSR count). The lowest BCUT2D eigenvalue weighted by molar-refractivity contribution is 1.08. The minimum absolute atomic E-state index is 0.620. The van der Waals surface area contributed by atoms with Gasteiger partial charge in [-0.2, -0.15) is 0 Å². The third-order valence-corrected chi connectivity index (χ3v) is 20.6. The highest BCUT2D eigenvalue weighted by atomic mass is 15.1. The molecule has 0 radical (unpaired) electrons. The molecule has 0 bridgehead atoms. The van der Waals surface area contributed by atoms with E-state index in [1.54, 1.807) is 0 Å². The van der Waals surface area contributed by atoms with Crippen molar-refractivity contribution < 1.29 is 0 Å². The molecule has 0 saturated carbocycles. The van der Waals surface area contributed by atoms with E-state index in [1.807, 2.05) is 42.5 Å². The molecule has 0 aliphatic heterocycles. The fourth-order valence-corrected chi connectivity index (χ4v) is 15.7. The molecule has 0 aliphatic rings. The van der Waals surface area contributed by atoms with Gasteiger partial charge in [-0.15, -0.1) is 0 Å². The van der Waals surface area contributed by atoms with Gasteiger partial charge in [0.2, 0.25) is 0 Å². The number of nitrogens with zero attached hydrogens (tertiary/aromatic N) is 9. The molecule has 5 heterocycles. The average molecular weight is 1370 g/mol. The second-order valence-corrected chi connectivity index (χ2v) is 26.9. The van der Waals surface area contributed by atoms with Crippen molar-refractivity contribution in [2.45, 2.75) is 0 Å². The van der Waals surface area contributed by atoms with Crippen molar-refractivity contribution in [2.24, 2.45) is 0 Å². The summed E-state index contributed by atoms with van der Waals surface area (Å²) in [5, 5.41) is 11.7. The van der Waals surface area contributed by atoms with Gasteiger partial charge in [-0.1, -0.05) is 309 Å². The lowest BCUT2D eigenvalue weighted by Crippen LogP contribution is -2.01. The zero-order valence-electron chi connectivity index (χ0n) is 57.9. The molecule has 0 spiro atoms. The molecule has 500 valence electrons. The number of fused-ring (bicyclic) bond motifs is 13. The first kappa shape index (κ1) is 62.3. The molecule has 0 atom stereocenters. The Balaban J connectivity index is 0.000000146. The highest BCUT2D eigenvalue weighted by Gasteiger charge is 2.24. The second-order valence-electron chi connectivity index (χ2n) is 26.9. The molecule has 9 heteroatoms. The van der Waals surface area contributed by atoms with E-state index in [0.29, 0.717) is 34.9 Å². The summed E-state index contributed by atoms with van der Waals surface area (Å²) in [6.07, 6.45) is 0. The fraction of sp³-hybridized carbons (Fsp3) is 0. The third-order valence-electron chi connectivity index (χ3n) is 20.6. The Hall–Kier alpha value is -14.5. The minimum atomic E-state index is 0.620.